The third kappa shape index (κ3) is 4.05. The van der Waals surface area contributed by atoms with Gasteiger partial charge in [-0.1, -0.05) is 18.2 Å². The molecule has 0 fully saturated rings. The van der Waals surface area contributed by atoms with Crippen LogP contribution in [0.15, 0.2) is 53.6 Å². The largest absolute Gasteiger partial charge is 0.378 e. The van der Waals surface area contributed by atoms with Gasteiger partial charge in [0.15, 0.2) is 5.65 Å². The first-order chi connectivity index (χ1) is 14.4. The number of hydrogen-bond acceptors (Lipinski definition) is 4. The van der Waals surface area contributed by atoms with Crippen LogP contribution in [0, 0.1) is 39.0 Å². The molecule has 1 aromatic carbocycles. The standard InChI is InChI=1S/C24H23N5O.ClH/c1-15-6-5-7-16(2)21(15)12-26-22-10-20(14-28-18(4)17(3)27-24(22)28)29-13-19(11-25)8-9-23(29)30;/h5-10,13-14,26H,12H2,1-4H3;1H. The maximum absolute atomic E-state index is 12.5. The van der Waals surface area contributed by atoms with Crippen LogP contribution in [0.5, 0.6) is 0 Å². The smallest absolute Gasteiger partial charge is 0.255 e. The van der Waals surface area contributed by atoms with Crippen LogP contribution in [0.4, 0.5) is 5.69 Å². The number of nitrogens with zero attached hydrogens (tertiary/aromatic N) is 4. The molecule has 3 aromatic heterocycles. The minimum Gasteiger partial charge on any atom is -0.378 e. The number of pyridine rings is 2. The average molecular weight is 434 g/mol. The molecule has 0 aliphatic carbocycles. The molecule has 0 atom stereocenters. The fraction of sp³-hybridized carbons (Fsp3) is 0.208. The fourth-order valence-electron chi connectivity index (χ4n) is 3.69. The summed E-state index contributed by atoms with van der Waals surface area (Å²) in [5.41, 5.74) is 8.18. The molecule has 4 aromatic rings. The molecule has 0 bridgehead atoms. The Morgan fingerprint density at radius 2 is 1.77 bits per heavy atom. The molecule has 0 radical (unpaired) electrons. The Morgan fingerprint density at radius 3 is 2.45 bits per heavy atom. The second-order valence-corrected chi connectivity index (χ2v) is 7.55. The first-order valence-electron chi connectivity index (χ1n) is 9.80. The SMILES string of the molecule is Cc1cccc(C)c1CNc1cc(-n2cc(C#N)ccc2=O)cn2c(C)c(C)nc12.Cl. The van der Waals surface area contributed by atoms with E-state index in [1.165, 1.54) is 33.4 Å². The van der Waals surface area contributed by atoms with Gasteiger partial charge >= 0.3 is 0 Å². The predicted octanol–water partition coefficient (Wildman–Crippen LogP) is 4.62. The van der Waals surface area contributed by atoms with Crippen molar-refractivity contribution in [1.29, 1.82) is 5.26 Å². The Morgan fingerprint density at radius 1 is 1.06 bits per heavy atom. The lowest BCUT2D eigenvalue weighted by Crippen LogP contribution is -2.17. The first kappa shape index (κ1) is 22.1. The maximum Gasteiger partial charge on any atom is 0.255 e. The van der Waals surface area contributed by atoms with Crippen molar-refractivity contribution in [2.45, 2.75) is 34.2 Å². The summed E-state index contributed by atoms with van der Waals surface area (Å²) < 4.78 is 3.49. The van der Waals surface area contributed by atoms with Gasteiger partial charge in [0.25, 0.3) is 5.56 Å². The van der Waals surface area contributed by atoms with Crippen LogP contribution in [0.3, 0.4) is 0 Å². The Hall–Kier alpha value is -3.56. The molecule has 7 heteroatoms. The van der Waals surface area contributed by atoms with Crippen molar-refractivity contribution >= 4 is 23.7 Å². The Bertz CT molecular complexity index is 1360. The van der Waals surface area contributed by atoms with Gasteiger partial charge in [0.05, 0.1) is 22.6 Å². The molecule has 0 aliphatic heterocycles. The van der Waals surface area contributed by atoms with E-state index in [1.807, 2.05) is 30.5 Å². The zero-order valence-corrected chi connectivity index (χ0v) is 18.7. The molecule has 0 spiro atoms. The summed E-state index contributed by atoms with van der Waals surface area (Å²) in [4.78, 5) is 17.2. The van der Waals surface area contributed by atoms with Crippen LogP contribution in [0.2, 0.25) is 0 Å². The van der Waals surface area contributed by atoms with Crippen molar-refractivity contribution in [3.8, 4) is 11.8 Å². The quantitative estimate of drug-likeness (QED) is 0.509. The maximum atomic E-state index is 12.5. The van der Waals surface area contributed by atoms with Crippen molar-refractivity contribution in [2.24, 2.45) is 0 Å². The number of aryl methyl sites for hydroxylation is 4. The van der Waals surface area contributed by atoms with E-state index in [0.717, 1.165) is 22.7 Å². The number of halogens is 1. The van der Waals surface area contributed by atoms with E-state index in [4.69, 9.17) is 4.98 Å². The molecule has 0 saturated carbocycles. The van der Waals surface area contributed by atoms with E-state index in [9.17, 15) is 10.1 Å². The third-order valence-corrected chi connectivity index (χ3v) is 5.60. The molecule has 0 aliphatic rings. The van der Waals surface area contributed by atoms with Crippen LogP contribution >= 0.6 is 12.4 Å². The van der Waals surface area contributed by atoms with E-state index in [1.54, 1.807) is 6.20 Å². The summed E-state index contributed by atoms with van der Waals surface area (Å²) in [7, 11) is 0. The Kier molecular flexibility index (Phi) is 6.19. The van der Waals surface area contributed by atoms with Crippen LogP contribution in [-0.4, -0.2) is 14.0 Å². The van der Waals surface area contributed by atoms with Gasteiger partial charge in [-0.05, 0) is 56.5 Å². The van der Waals surface area contributed by atoms with Crippen molar-refractivity contribution < 1.29 is 0 Å². The molecular formula is C24H24ClN5O. The zero-order chi connectivity index (χ0) is 21.4. The summed E-state index contributed by atoms with van der Waals surface area (Å²) in [6.07, 6.45) is 3.45. The van der Waals surface area contributed by atoms with Gasteiger partial charge in [-0.25, -0.2) is 4.98 Å². The van der Waals surface area contributed by atoms with E-state index >= 15 is 0 Å². The second-order valence-electron chi connectivity index (χ2n) is 7.55. The number of anilines is 1. The number of nitrogens with one attached hydrogen (secondary N) is 1. The van der Waals surface area contributed by atoms with Gasteiger partial charge in [-0.15, -0.1) is 12.4 Å². The van der Waals surface area contributed by atoms with Gasteiger partial charge in [0, 0.05) is 30.7 Å². The van der Waals surface area contributed by atoms with E-state index in [0.29, 0.717) is 17.8 Å². The molecule has 0 unspecified atom stereocenters. The molecule has 31 heavy (non-hydrogen) atoms. The number of nitriles is 1. The highest BCUT2D eigenvalue weighted by molar-refractivity contribution is 5.85. The van der Waals surface area contributed by atoms with Gasteiger partial charge in [0.2, 0.25) is 0 Å². The highest BCUT2D eigenvalue weighted by Gasteiger charge is 2.13. The van der Waals surface area contributed by atoms with E-state index in [-0.39, 0.29) is 18.0 Å². The second kappa shape index (κ2) is 8.66. The molecule has 158 valence electrons. The predicted molar refractivity (Wildman–Crippen MR) is 125 cm³/mol. The number of hydrogen-bond donors (Lipinski definition) is 1. The lowest BCUT2D eigenvalue weighted by Gasteiger charge is -2.15. The average Bonchev–Trinajstić information content (AvgIpc) is 3.02. The molecule has 0 saturated heterocycles. The first-order valence-corrected chi connectivity index (χ1v) is 9.80. The van der Waals surface area contributed by atoms with E-state index < -0.39 is 0 Å². The molecule has 4 rings (SSSR count). The number of benzene rings is 1. The minimum atomic E-state index is -0.191. The lowest BCUT2D eigenvalue weighted by atomic mass is 10.0. The normalized spacial score (nSPS) is 10.5. The van der Waals surface area contributed by atoms with Crippen molar-refractivity contribution in [2.75, 3.05) is 5.32 Å². The summed E-state index contributed by atoms with van der Waals surface area (Å²) >= 11 is 0. The van der Waals surface area contributed by atoms with E-state index in [2.05, 4.69) is 43.4 Å². The summed E-state index contributed by atoms with van der Waals surface area (Å²) in [6.45, 7) is 8.83. The van der Waals surface area contributed by atoms with Crippen molar-refractivity contribution in [1.82, 2.24) is 14.0 Å². The van der Waals surface area contributed by atoms with Crippen molar-refractivity contribution in [3.05, 3.63) is 92.8 Å². The Balaban J connectivity index is 0.00000272. The minimum absolute atomic E-state index is 0. The highest BCUT2D eigenvalue weighted by Crippen LogP contribution is 2.25. The van der Waals surface area contributed by atoms with Crippen LogP contribution in [0.25, 0.3) is 11.3 Å². The van der Waals surface area contributed by atoms with Crippen LogP contribution < -0.4 is 10.9 Å². The number of rotatable bonds is 4. The van der Waals surface area contributed by atoms with Crippen molar-refractivity contribution in [3.63, 3.8) is 0 Å². The topological polar surface area (TPSA) is 75.1 Å². The summed E-state index contributed by atoms with van der Waals surface area (Å²) in [6, 6.07) is 13.2. The number of fused-ring (bicyclic) bond motifs is 1. The fourth-order valence-corrected chi connectivity index (χ4v) is 3.69. The molecular weight excluding hydrogens is 410 g/mol. The van der Waals surface area contributed by atoms with Gasteiger partial charge in [0.1, 0.15) is 6.07 Å². The van der Waals surface area contributed by atoms with Gasteiger partial charge in [-0.2, -0.15) is 5.26 Å². The Labute approximate surface area is 187 Å². The molecule has 1 N–H and O–H groups in total. The summed E-state index contributed by atoms with van der Waals surface area (Å²) in [5, 5.41) is 12.8. The molecule has 6 nitrogen and oxygen atoms in total. The number of aromatic nitrogens is 3. The number of imidazole rings is 1. The molecule has 3 heterocycles. The monoisotopic (exact) mass is 433 g/mol. The summed E-state index contributed by atoms with van der Waals surface area (Å²) in [5.74, 6) is 0. The van der Waals surface area contributed by atoms with Gasteiger partial charge < -0.3 is 9.72 Å². The molecule has 0 amide bonds. The zero-order valence-electron chi connectivity index (χ0n) is 17.9. The lowest BCUT2D eigenvalue weighted by molar-refractivity contribution is 0.955. The van der Waals surface area contributed by atoms with Crippen LogP contribution in [0.1, 0.15) is 33.6 Å². The third-order valence-electron chi connectivity index (χ3n) is 5.60. The highest BCUT2D eigenvalue weighted by atomic mass is 35.5. The van der Waals surface area contributed by atoms with Gasteiger partial charge in [-0.3, -0.25) is 9.36 Å². The van der Waals surface area contributed by atoms with Crippen LogP contribution in [-0.2, 0) is 6.54 Å².